The number of likely N-dealkylation sites (tertiary alicyclic amines) is 1. The zero-order chi connectivity index (χ0) is 10.6. The number of aliphatic hydroxyl groups excluding tert-OH is 1. The molecule has 4 heteroatoms. The molecular formula is C10H15F2NO. The van der Waals surface area contributed by atoms with Gasteiger partial charge in [-0.25, -0.2) is 8.78 Å². The van der Waals surface area contributed by atoms with Gasteiger partial charge in [-0.1, -0.05) is 5.92 Å². The molecule has 2 nitrogen and oxygen atoms in total. The average Bonchev–Trinajstić information content (AvgIpc) is 2.16. The van der Waals surface area contributed by atoms with E-state index in [1.807, 2.05) is 4.90 Å². The summed E-state index contributed by atoms with van der Waals surface area (Å²) in [5.41, 5.74) is 0. The molecule has 0 aromatic carbocycles. The van der Waals surface area contributed by atoms with Crippen molar-refractivity contribution in [3.63, 3.8) is 0 Å². The van der Waals surface area contributed by atoms with E-state index in [1.54, 1.807) is 6.92 Å². The maximum Gasteiger partial charge on any atom is 0.255 e. The smallest absolute Gasteiger partial charge is 0.255 e. The lowest BCUT2D eigenvalue weighted by molar-refractivity contribution is -0.118. The van der Waals surface area contributed by atoms with Crippen molar-refractivity contribution < 1.29 is 13.9 Å². The van der Waals surface area contributed by atoms with Gasteiger partial charge >= 0.3 is 0 Å². The van der Waals surface area contributed by atoms with Crippen LogP contribution in [0.3, 0.4) is 0 Å². The van der Waals surface area contributed by atoms with Crippen LogP contribution >= 0.6 is 0 Å². The summed E-state index contributed by atoms with van der Waals surface area (Å²) in [6, 6.07) is 0. The predicted molar refractivity (Wildman–Crippen MR) is 50.0 cm³/mol. The summed E-state index contributed by atoms with van der Waals surface area (Å²) in [5, 5.41) is 8.83. The first-order valence-corrected chi connectivity index (χ1v) is 4.71. The molecule has 1 saturated heterocycles. The third-order valence-electron chi connectivity index (χ3n) is 2.54. The van der Waals surface area contributed by atoms with Gasteiger partial charge < -0.3 is 5.11 Å². The van der Waals surface area contributed by atoms with E-state index in [0.717, 1.165) is 0 Å². The molecule has 1 fully saturated rings. The molecule has 0 bridgehead atoms. The van der Waals surface area contributed by atoms with Gasteiger partial charge in [0.2, 0.25) is 0 Å². The predicted octanol–water partition coefficient (Wildman–Crippen LogP) is 0.959. The van der Waals surface area contributed by atoms with Gasteiger partial charge in [-0.3, -0.25) is 4.90 Å². The lowest BCUT2D eigenvalue weighted by Crippen LogP contribution is -2.48. The van der Waals surface area contributed by atoms with Gasteiger partial charge in [-0.05, 0) is 6.92 Å². The van der Waals surface area contributed by atoms with Crippen molar-refractivity contribution in [3.8, 4) is 11.8 Å². The van der Waals surface area contributed by atoms with Crippen LogP contribution in [-0.4, -0.2) is 42.2 Å². The quantitative estimate of drug-likeness (QED) is 0.676. The van der Waals surface area contributed by atoms with Crippen LogP contribution in [0, 0.1) is 17.8 Å². The highest BCUT2D eigenvalue weighted by molar-refractivity contribution is 4.99. The first kappa shape index (κ1) is 11.4. The van der Waals surface area contributed by atoms with E-state index in [-0.39, 0.29) is 13.0 Å². The van der Waals surface area contributed by atoms with E-state index in [2.05, 4.69) is 11.8 Å². The molecule has 0 aliphatic carbocycles. The summed E-state index contributed by atoms with van der Waals surface area (Å²) in [5.74, 6) is 1.91. The summed E-state index contributed by atoms with van der Waals surface area (Å²) < 4.78 is 26.3. The van der Waals surface area contributed by atoms with E-state index in [4.69, 9.17) is 5.11 Å². The molecular weight excluding hydrogens is 188 g/mol. The highest BCUT2D eigenvalue weighted by Crippen LogP contribution is 2.32. The van der Waals surface area contributed by atoms with Crippen molar-refractivity contribution in [2.45, 2.75) is 19.3 Å². The molecule has 0 saturated carbocycles. The fraction of sp³-hybridized carbons (Fsp3) is 0.800. The third-order valence-corrected chi connectivity index (χ3v) is 2.54. The number of halogens is 2. The van der Waals surface area contributed by atoms with Crippen molar-refractivity contribution >= 4 is 0 Å². The van der Waals surface area contributed by atoms with Crippen LogP contribution in [0.5, 0.6) is 0 Å². The minimum atomic E-state index is -2.72. The Morgan fingerprint density at radius 1 is 1.57 bits per heavy atom. The van der Waals surface area contributed by atoms with Crippen molar-refractivity contribution in [2.24, 2.45) is 5.92 Å². The van der Waals surface area contributed by atoms with Crippen molar-refractivity contribution in [1.82, 2.24) is 4.90 Å². The number of rotatable bonds is 2. The monoisotopic (exact) mass is 203 g/mol. The van der Waals surface area contributed by atoms with Crippen LogP contribution < -0.4 is 0 Å². The van der Waals surface area contributed by atoms with Crippen LogP contribution in [-0.2, 0) is 0 Å². The molecule has 0 radical (unpaired) electrons. The van der Waals surface area contributed by atoms with Gasteiger partial charge in [-0.2, -0.15) is 0 Å². The van der Waals surface area contributed by atoms with Crippen molar-refractivity contribution in [3.05, 3.63) is 0 Å². The minimum absolute atomic E-state index is 0.177. The fourth-order valence-corrected chi connectivity index (χ4v) is 1.57. The lowest BCUT2D eigenvalue weighted by atomic mass is 9.94. The van der Waals surface area contributed by atoms with E-state index in [9.17, 15) is 8.78 Å². The largest absolute Gasteiger partial charge is 0.396 e. The molecule has 1 unspecified atom stereocenters. The zero-order valence-electron chi connectivity index (χ0n) is 8.26. The van der Waals surface area contributed by atoms with Gasteiger partial charge in [0.15, 0.2) is 0 Å². The second-order valence-corrected chi connectivity index (χ2v) is 3.55. The minimum Gasteiger partial charge on any atom is -0.396 e. The molecule has 0 aromatic rings. The summed E-state index contributed by atoms with van der Waals surface area (Å²) in [6.45, 7) is 2.38. The number of hydrogen-bond donors (Lipinski definition) is 1. The maximum atomic E-state index is 13.1. The van der Waals surface area contributed by atoms with Crippen LogP contribution in [0.25, 0.3) is 0 Å². The Morgan fingerprint density at radius 2 is 2.29 bits per heavy atom. The van der Waals surface area contributed by atoms with Crippen LogP contribution in [0.1, 0.15) is 13.3 Å². The molecule has 1 atom stereocenters. The van der Waals surface area contributed by atoms with E-state index in [0.29, 0.717) is 13.1 Å². The number of piperidine rings is 1. The SMILES string of the molecule is CC#CCN1CCC(F)(F)C(CO)C1. The Balaban J connectivity index is 2.51. The van der Waals surface area contributed by atoms with Gasteiger partial charge in [0.25, 0.3) is 5.92 Å². The standard InChI is InChI=1S/C10H15F2NO/c1-2-3-5-13-6-4-10(11,12)9(7-13)8-14/h9,14H,4-8H2,1H3. The molecule has 14 heavy (non-hydrogen) atoms. The Kier molecular flexibility index (Phi) is 3.85. The topological polar surface area (TPSA) is 23.5 Å². The lowest BCUT2D eigenvalue weighted by Gasteiger charge is -2.36. The Hall–Kier alpha value is -0.660. The Labute approximate surface area is 82.9 Å². The van der Waals surface area contributed by atoms with Gasteiger partial charge in [0.05, 0.1) is 19.1 Å². The van der Waals surface area contributed by atoms with Crippen molar-refractivity contribution in [1.29, 1.82) is 0 Å². The summed E-state index contributed by atoms with van der Waals surface area (Å²) in [7, 11) is 0. The molecule has 1 aliphatic rings. The van der Waals surface area contributed by atoms with Gasteiger partial charge in [-0.15, -0.1) is 5.92 Å². The molecule has 0 aromatic heterocycles. The van der Waals surface area contributed by atoms with E-state index in [1.165, 1.54) is 0 Å². The Bertz CT molecular complexity index is 244. The maximum absolute atomic E-state index is 13.1. The molecule has 0 spiro atoms. The number of hydrogen-bond acceptors (Lipinski definition) is 2. The molecule has 1 aliphatic heterocycles. The number of aliphatic hydroxyl groups is 1. The van der Waals surface area contributed by atoms with Gasteiger partial charge in [0.1, 0.15) is 0 Å². The van der Waals surface area contributed by atoms with E-state index >= 15 is 0 Å². The summed E-state index contributed by atoms with van der Waals surface area (Å²) >= 11 is 0. The first-order valence-electron chi connectivity index (χ1n) is 4.71. The number of alkyl halides is 2. The Morgan fingerprint density at radius 3 is 2.86 bits per heavy atom. The van der Waals surface area contributed by atoms with E-state index < -0.39 is 18.4 Å². The van der Waals surface area contributed by atoms with Crippen LogP contribution in [0.2, 0.25) is 0 Å². The second-order valence-electron chi connectivity index (χ2n) is 3.55. The highest BCUT2D eigenvalue weighted by Gasteiger charge is 2.43. The summed E-state index contributed by atoms with van der Waals surface area (Å²) in [4.78, 5) is 1.86. The zero-order valence-corrected chi connectivity index (χ0v) is 8.26. The normalized spacial score (nSPS) is 26.7. The third kappa shape index (κ3) is 2.66. The van der Waals surface area contributed by atoms with Crippen LogP contribution in [0.15, 0.2) is 0 Å². The second kappa shape index (κ2) is 4.72. The average molecular weight is 203 g/mol. The first-order chi connectivity index (χ1) is 6.60. The molecule has 1 N–H and O–H groups in total. The molecule has 0 amide bonds. The van der Waals surface area contributed by atoms with Crippen LogP contribution in [0.4, 0.5) is 8.78 Å². The fourth-order valence-electron chi connectivity index (χ4n) is 1.57. The molecule has 1 rings (SSSR count). The van der Waals surface area contributed by atoms with Gasteiger partial charge in [0, 0.05) is 19.5 Å². The van der Waals surface area contributed by atoms with Crippen molar-refractivity contribution in [2.75, 3.05) is 26.2 Å². The molecule has 80 valence electrons. The molecule has 1 heterocycles. The number of nitrogens with zero attached hydrogens (tertiary/aromatic N) is 1. The summed E-state index contributed by atoms with van der Waals surface area (Å²) in [6.07, 6.45) is -0.177. The highest BCUT2D eigenvalue weighted by atomic mass is 19.3.